The minimum Gasteiger partial charge on any atom is -0.425 e. The molecule has 4 rings (SSSR count). The van der Waals surface area contributed by atoms with E-state index in [1.54, 1.807) is 6.92 Å². The van der Waals surface area contributed by atoms with Crippen molar-refractivity contribution in [3.8, 4) is 0 Å². The van der Waals surface area contributed by atoms with E-state index in [1.165, 1.54) is 16.4 Å². The molecule has 2 aliphatic rings. The van der Waals surface area contributed by atoms with Crippen molar-refractivity contribution in [3.05, 3.63) is 45.7 Å². The monoisotopic (exact) mass is 392 g/mol. The minimum atomic E-state index is -3.79. The first-order valence-corrected chi connectivity index (χ1v) is 10.4. The van der Waals surface area contributed by atoms with Gasteiger partial charge in [-0.2, -0.15) is 4.31 Å². The molecule has 0 atom stereocenters. The normalized spacial score (nSPS) is 19.3. The van der Waals surface area contributed by atoms with Crippen LogP contribution < -0.4 is 0 Å². The molecule has 1 aromatic carbocycles. The van der Waals surface area contributed by atoms with Crippen LogP contribution in [0.5, 0.6) is 0 Å². The van der Waals surface area contributed by atoms with Gasteiger partial charge in [0.05, 0.1) is 9.82 Å². The summed E-state index contributed by atoms with van der Waals surface area (Å²) in [5.74, 6) is 1.71. The number of nitro groups is 1. The topological polar surface area (TPSA) is 119 Å². The Hall–Kier alpha value is -2.33. The molecule has 2 fully saturated rings. The molecule has 0 radical (unpaired) electrons. The van der Waals surface area contributed by atoms with Crippen LogP contribution in [0.15, 0.2) is 27.5 Å². The van der Waals surface area contributed by atoms with E-state index in [0.29, 0.717) is 49.2 Å². The predicted octanol–water partition coefficient (Wildman–Crippen LogP) is 2.73. The van der Waals surface area contributed by atoms with Crippen molar-refractivity contribution in [2.24, 2.45) is 0 Å². The molecule has 27 heavy (non-hydrogen) atoms. The van der Waals surface area contributed by atoms with Crippen LogP contribution in [-0.2, 0) is 10.0 Å². The van der Waals surface area contributed by atoms with Gasteiger partial charge in [-0.15, -0.1) is 10.2 Å². The molecule has 0 spiro atoms. The molecular formula is C17H20N4O5S. The van der Waals surface area contributed by atoms with Crippen LogP contribution in [0.25, 0.3) is 0 Å². The predicted molar refractivity (Wildman–Crippen MR) is 94.8 cm³/mol. The number of piperidine rings is 1. The van der Waals surface area contributed by atoms with Gasteiger partial charge in [0.25, 0.3) is 5.69 Å². The number of benzene rings is 1. The van der Waals surface area contributed by atoms with E-state index >= 15 is 0 Å². The molecule has 0 bridgehead atoms. The first kappa shape index (κ1) is 18.1. The van der Waals surface area contributed by atoms with E-state index in [9.17, 15) is 18.5 Å². The second-order valence-corrected chi connectivity index (χ2v) is 9.04. The van der Waals surface area contributed by atoms with E-state index < -0.39 is 14.9 Å². The summed E-state index contributed by atoms with van der Waals surface area (Å²) >= 11 is 0. The Bertz CT molecular complexity index is 975. The van der Waals surface area contributed by atoms with Gasteiger partial charge in [0.1, 0.15) is 0 Å². The standard InChI is InChI=1S/C17H20N4O5S/c1-11-2-5-14(21(22)23)10-15(11)27(24,25)20-8-6-13(7-9-20)17-19-18-16(26-17)12-3-4-12/h2,5,10,12-13H,3-4,6-9H2,1H3. The van der Waals surface area contributed by atoms with Crippen molar-refractivity contribution in [1.29, 1.82) is 0 Å². The summed E-state index contributed by atoms with van der Waals surface area (Å²) in [6.45, 7) is 2.27. The second-order valence-electron chi connectivity index (χ2n) is 7.14. The quantitative estimate of drug-likeness (QED) is 0.567. The fourth-order valence-electron chi connectivity index (χ4n) is 3.37. The van der Waals surface area contributed by atoms with Gasteiger partial charge in [0.15, 0.2) is 0 Å². The summed E-state index contributed by atoms with van der Waals surface area (Å²) in [6, 6.07) is 3.92. The number of hydrogen-bond donors (Lipinski definition) is 0. The van der Waals surface area contributed by atoms with Crippen molar-refractivity contribution < 1.29 is 17.8 Å². The van der Waals surface area contributed by atoms with Crippen LogP contribution >= 0.6 is 0 Å². The fraction of sp³-hybridized carbons (Fsp3) is 0.529. The molecular weight excluding hydrogens is 372 g/mol. The summed E-state index contributed by atoms with van der Waals surface area (Å²) in [7, 11) is -3.79. The lowest BCUT2D eigenvalue weighted by Crippen LogP contribution is -2.38. The van der Waals surface area contributed by atoms with E-state index in [1.807, 2.05) is 0 Å². The SMILES string of the molecule is Cc1ccc([N+](=O)[O-])cc1S(=O)(=O)N1CCC(c2nnc(C3CC3)o2)CC1. The zero-order chi connectivity index (χ0) is 19.2. The fourth-order valence-corrected chi connectivity index (χ4v) is 5.08. The maximum absolute atomic E-state index is 13.0. The van der Waals surface area contributed by atoms with E-state index in [0.717, 1.165) is 18.9 Å². The Kier molecular flexibility index (Phi) is 4.47. The van der Waals surface area contributed by atoms with Crippen LogP contribution in [0.2, 0.25) is 0 Å². The summed E-state index contributed by atoms with van der Waals surface area (Å²) in [5.41, 5.74) is 0.265. The highest BCUT2D eigenvalue weighted by molar-refractivity contribution is 7.89. The Labute approximate surface area is 156 Å². The van der Waals surface area contributed by atoms with Gasteiger partial charge in [-0.3, -0.25) is 10.1 Å². The van der Waals surface area contributed by atoms with Gasteiger partial charge < -0.3 is 4.42 Å². The third kappa shape index (κ3) is 3.46. The Morgan fingerprint density at radius 3 is 2.26 bits per heavy atom. The number of rotatable bonds is 5. The van der Waals surface area contributed by atoms with Gasteiger partial charge >= 0.3 is 0 Å². The van der Waals surface area contributed by atoms with Crippen LogP contribution in [-0.4, -0.2) is 40.9 Å². The van der Waals surface area contributed by atoms with E-state index in [2.05, 4.69) is 10.2 Å². The lowest BCUT2D eigenvalue weighted by atomic mass is 9.98. The maximum atomic E-state index is 13.0. The summed E-state index contributed by atoms with van der Waals surface area (Å²) in [6.07, 6.45) is 3.33. The largest absolute Gasteiger partial charge is 0.425 e. The van der Waals surface area contributed by atoms with Gasteiger partial charge in [-0.05, 0) is 38.2 Å². The molecule has 1 saturated heterocycles. The first-order chi connectivity index (χ1) is 12.9. The molecule has 144 valence electrons. The molecule has 1 saturated carbocycles. The lowest BCUT2D eigenvalue weighted by Gasteiger charge is -2.30. The Balaban J connectivity index is 1.49. The molecule has 9 nitrogen and oxygen atoms in total. The van der Waals surface area contributed by atoms with E-state index in [-0.39, 0.29) is 16.5 Å². The smallest absolute Gasteiger partial charge is 0.270 e. The lowest BCUT2D eigenvalue weighted by molar-refractivity contribution is -0.385. The molecule has 1 aliphatic heterocycles. The summed E-state index contributed by atoms with van der Waals surface area (Å²) in [5, 5.41) is 19.2. The average molecular weight is 392 g/mol. The number of non-ortho nitro benzene ring substituents is 1. The molecule has 1 aromatic heterocycles. The van der Waals surface area contributed by atoms with Crippen molar-refractivity contribution >= 4 is 15.7 Å². The number of aromatic nitrogens is 2. The van der Waals surface area contributed by atoms with Gasteiger partial charge in [-0.25, -0.2) is 8.42 Å². The van der Waals surface area contributed by atoms with Crippen LogP contribution in [0, 0.1) is 17.0 Å². The third-order valence-electron chi connectivity index (χ3n) is 5.19. The highest BCUT2D eigenvalue weighted by Gasteiger charge is 2.35. The van der Waals surface area contributed by atoms with Crippen LogP contribution in [0.4, 0.5) is 5.69 Å². The van der Waals surface area contributed by atoms with Crippen LogP contribution in [0.3, 0.4) is 0 Å². The number of nitrogens with zero attached hydrogens (tertiary/aromatic N) is 4. The number of sulfonamides is 1. The van der Waals surface area contributed by atoms with Gasteiger partial charge in [0, 0.05) is 37.1 Å². The third-order valence-corrected chi connectivity index (χ3v) is 7.23. The highest BCUT2D eigenvalue weighted by atomic mass is 32.2. The zero-order valence-corrected chi connectivity index (χ0v) is 15.7. The van der Waals surface area contributed by atoms with Gasteiger partial charge in [0.2, 0.25) is 21.8 Å². The second kappa shape index (κ2) is 6.68. The summed E-state index contributed by atoms with van der Waals surface area (Å²) in [4.78, 5) is 10.4. The van der Waals surface area contributed by atoms with Crippen molar-refractivity contribution in [1.82, 2.24) is 14.5 Å². The molecule has 2 aromatic rings. The molecule has 1 aliphatic carbocycles. The number of nitro benzene ring substituents is 1. The molecule has 10 heteroatoms. The Morgan fingerprint density at radius 1 is 1.11 bits per heavy atom. The Morgan fingerprint density at radius 2 is 1.70 bits per heavy atom. The molecule has 2 heterocycles. The number of hydrogen-bond acceptors (Lipinski definition) is 7. The summed E-state index contributed by atoms with van der Waals surface area (Å²) < 4.78 is 33.1. The highest BCUT2D eigenvalue weighted by Crippen LogP contribution is 2.40. The molecule has 0 amide bonds. The minimum absolute atomic E-state index is 0.0102. The first-order valence-electron chi connectivity index (χ1n) is 8.95. The van der Waals surface area contributed by atoms with Crippen molar-refractivity contribution in [2.45, 2.75) is 49.3 Å². The van der Waals surface area contributed by atoms with Crippen LogP contribution in [0.1, 0.15) is 54.9 Å². The van der Waals surface area contributed by atoms with Crippen molar-refractivity contribution in [3.63, 3.8) is 0 Å². The van der Waals surface area contributed by atoms with E-state index in [4.69, 9.17) is 4.42 Å². The maximum Gasteiger partial charge on any atom is 0.270 e. The molecule has 0 N–H and O–H groups in total. The molecule has 0 unspecified atom stereocenters. The number of aryl methyl sites for hydroxylation is 1. The van der Waals surface area contributed by atoms with Crippen molar-refractivity contribution in [2.75, 3.05) is 13.1 Å². The zero-order valence-electron chi connectivity index (χ0n) is 14.9. The average Bonchev–Trinajstić information content (AvgIpc) is 3.39. The van der Waals surface area contributed by atoms with Gasteiger partial charge in [-0.1, -0.05) is 6.07 Å².